The van der Waals surface area contributed by atoms with Gasteiger partial charge in [-0.1, -0.05) is 0 Å². The lowest BCUT2D eigenvalue weighted by molar-refractivity contribution is -0.148. The first kappa shape index (κ1) is 14.4. The molecule has 0 unspecified atom stereocenters. The second kappa shape index (κ2) is 5.45. The maximum absolute atomic E-state index is 12.5. The predicted molar refractivity (Wildman–Crippen MR) is 56.9 cm³/mol. The molecule has 86 valence electrons. The lowest BCUT2D eigenvalue weighted by Gasteiger charge is -2.45. The van der Waals surface area contributed by atoms with Gasteiger partial charge in [-0.15, -0.1) is 24.8 Å². The largest absolute Gasteiger partial charge is 0.317 e. The van der Waals surface area contributed by atoms with Crippen molar-refractivity contribution in [2.24, 2.45) is 0 Å². The molecule has 2 rings (SSSR count). The molecule has 2 fully saturated rings. The fourth-order valence-electron chi connectivity index (χ4n) is 1.98. The van der Waals surface area contributed by atoms with Crippen LogP contribution in [0.4, 0.5) is 8.78 Å². The maximum Gasteiger partial charge on any atom is 0.272 e. The Morgan fingerprint density at radius 3 is 2.00 bits per heavy atom. The van der Waals surface area contributed by atoms with Gasteiger partial charge in [0.2, 0.25) is 0 Å². The molecule has 2 saturated heterocycles. The summed E-state index contributed by atoms with van der Waals surface area (Å²) in [6, 6.07) is 0.408. The van der Waals surface area contributed by atoms with Gasteiger partial charge in [-0.3, -0.25) is 4.90 Å². The van der Waals surface area contributed by atoms with Crippen molar-refractivity contribution in [1.29, 1.82) is 0 Å². The van der Waals surface area contributed by atoms with Crippen molar-refractivity contribution in [2.45, 2.75) is 24.8 Å². The van der Waals surface area contributed by atoms with Crippen LogP contribution in [-0.4, -0.2) is 43.0 Å². The second-order valence-corrected chi connectivity index (χ2v) is 3.74. The fourth-order valence-corrected chi connectivity index (χ4v) is 1.98. The van der Waals surface area contributed by atoms with Crippen LogP contribution in [0.15, 0.2) is 0 Å². The van der Waals surface area contributed by atoms with Gasteiger partial charge in [0.25, 0.3) is 5.92 Å². The highest BCUT2D eigenvalue weighted by Crippen LogP contribution is 2.30. The number of halogens is 4. The molecule has 0 amide bonds. The average molecular weight is 249 g/mol. The number of piperidine rings is 1. The monoisotopic (exact) mass is 248 g/mol. The smallest absolute Gasteiger partial charge is 0.272 e. The van der Waals surface area contributed by atoms with Gasteiger partial charge in [0.15, 0.2) is 0 Å². The van der Waals surface area contributed by atoms with Crippen molar-refractivity contribution in [3.8, 4) is 0 Å². The molecule has 0 saturated carbocycles. The first-order chi connectivity index (χ1) is 5.67. The Kier molecular flexibility index (Phi) is 5.59. The molecule has 6 heteroatoms. The third-order valence-corrected chi connectivity index (χ3v) is 2.69. The molecule has 2 aliphatic rings. The zero-order valence-electron chi connectivity index (χ0n) is 7.84. The Labute approximate surface area is 95.2 Å². The number of alkyl halides is 2. The van der Waals surface area contributed by atoms with Gasteiger partial charge in [0.1, 0.15) is 0 Å². The Balaban J connectivity index is 0.000000845. The van der Waals surface area contributed by atoms with Crippen LogP contribution in [0.25, 0.3) is 0 Å². The van der Waals surface area contributed by atoms with Gasteiger partial charge in [-0.05, 0) is 25.9 Å². The number of nitrogens with one attached hydrogen (secondary N) is 1. The van der Waals surface area contributed by atoms with Crippen molar-refractivity contribution >= 4 is 24.8 Å². The number of likely N-dealkylation sites (tertiary alicyclic amines) is 1. The Hall–Kier alpha value is 0.360. The highest BCUT2D eigenvalue weighted by atomic mass is 35.5. The highest BCUT2D eigenvalue weighted by molar-refractivity contribution is 5.85. The molecule has 0 aromatic rings. The predicted octanol–water partition coefficient (Wildman–Crippen LogP) is 1.53. The summed E-state index contributed by atoms with van der Waals surface area (Å²) in [5.74, 6) is -2.40. The lowest BCUT2D eigenvalue weighted by atomic mass is 9.99. The van der Waals surface area contributed by atoms with Crippen LogP contribution in [0, 0.1) is 0 Å². The summed E-state index contributed by atoms with van der Waals surface area (Å²) >= 11 is 0. The molecule has 2 aliphatic heterocycles. The van der Waals surface area contributed by atoms with E-state index in [1.807, 2.05) is 4.90 Å². The topological polar surface area (TPSA) is 15.3 Å². The Morgan fingerprint density at radius 2 is 1.57 bits per heavy atom. The van der Waals surface area contributed by atoms with Crippen LogP contribution in [-0.2, 0) is 0 Å². The lowest BCUT2D eigenvalue weighted by Crippen LogP contribution is -2.61. The number of rotatable bonds is 1. The second-order valence-electron chi connectivity index (χ2n) is 3.74. The molecule has 0 aromatic heterocycles. The minimum Gasteiger partial charge on any atom is -0.317 e. The minimum atomic E-state index is -2.40. The summed E-state index contributed by atoms with van der Waals surface area (Å²) in [5.41, 5.74) is 0. The molecule has 0 radical (unpaired) electrons. The molecule has 2 heterocycles. The molecule has 0 atom stereocenters. The molecule has 2 nitrogen and oxygen atoms in total. The third kappa shape index (κ3) is 3.19. The quantitative estimate of drug-likeness (QED) is 0.758. The third-order valence-electron chi connectivity index (χ3n) is 2.69. The van der Waals surface area contributed by atoms with Crippen LogP contribution >= 0.6 is 24.8 Å². The Bertz CT molecular complexity index is 167. The maximum atomic E-state index is 12.5. The van der Waals surface area contributed by atoms with Crippen molar-refractivity contribution in [1.82, 2.24) is 10.2 Å². The SMILES string of the molecule is Cl.Cl.FC1(F)CN(C2CCNCC2)C1. The molecule has 0 bridgehead atoms. The highest BCUT2D eigenvalue weighted by Gasteiger charge is 2.46. The number of nitrogens with zero attached hydrogens (tertiary/aromatic N) is 1. The van der Waals surface area contributed by atoms with E-state index in [0.29, 0.717) is 6.04 Å². The van der Waals surface area contributed by atoms with Crippen molar-refractivity contribution in [3.63, 3.8) is 0 Å². The standard InChI is InChI=1S/C8H14F2N2.2ClH/c9-8(10)5-12(6-8)7-1-3-11-4-2-7;;/h7,11H,1-6H2;2*1H. The molecule has 1 N–H and O–H groups in total. The van der Waals surface area contributed by atoms with Crippen LogP contribution in [0.3, 0.4) is 0 Å². The van der Waals surface area contributed by atoms with E-state index in [4.69, 9.17) is 0 Å². The van der Waals surface area contributed by atoms with E-state index in [9.17, 15) is 8.78 Å². The van der Waals surface area contributed by atoms with E-state index in [0.717, 1.165) is 25.9 Å². The van der Waals surface area contributed by atoms with Crippen LogP contribution < -0.4 is 5.32 Å². The van der Waals surface area contributed by atoms with Crippen LogP contribution in [0.2, 0.25) is 0 Å². The van der Waals surface area contributed by atoms with Gasteiger partial charge in [-0.2, -0.15) is 0 Å². The van der Waals surface area contributed by atoms with E-state index < -0.39 is 5.92 Å². The number of hydrogen-bond donors (Lipinski definition) is 1. The van der Waals surface area contributed by atoms with Crippen LogP contribution in [0.5, 0.6) is 0 Å². The minimum absolute atomic E-state index is 0. The van der Waals surface area contributed by atoms with Gasteiger partial charge in [-0.25, -0.2) is 8.78 Å². The fraction of sp³-hybridized carbons (Fsp3) is 1.00. The van der Waals surface area contributed by atoms with Crippen molar-refractivity contribution in [3.05, 3.63) is 0 Å². The summed E-state index contributed by atoms with van der Waals surface area (Å²) in [6.07, 6.45) is 2.05. The molecule has 0 spiro atoms. The van der Waals surface area contributed by atoms with Crippen LogP contribution in [0.1, 0.15) is 12.8 Å². The molecular weight excluding hydrogens is 233 g/mol. The van der Waals surface area contributed by atoms with Crippen molar-refractivity contribution in [2.75, 3.05) is 26.2 Å². The first-order valence-corrected chi connectivity index (χ1v) is 4.50. The van der Waals surface area contributed by atoms with E-state index in [2.05, 4.69) is 5.32 Å². The summed E-state index contributed by atoms with van der Waals surface area (Å²) in [6.45, 7) is 1.93. The zero-order valence-corrected chi connectivity index (χ0v) is 9.47. The normalized spacial score (nSPS) is 27.0. The number of hydrogen-bond acceptors (Lipinski definition) is 2. The van der Waals surface area contributed by atoms with Gasteiger partial charge >= 0.3 is 0 Å². The molecule has 14 heavy (non-hydrogen) atoms. The van der Waals surface area contributed by atoms with E-state index >= 15 is 0 Å². The Morgan fingerprint density at radius 1 is 1.07 bits per heavy atom. The summed E-state index contributed by atoms with van der Waals surface area (Å²) in [4.78, 5) is 1.90. The van der Waals surface area contributed by atoms with Crippen molar-refractivity contribution < 1.29 is 8.78 Å². The molecule has 0 aliphatic carbocycles. The zero-order chi connectivity index (χ0) is 8.60. The summed E-state index contributed by atoms with van der Waals surface area (Å²) in [7, 11) is 0. The van der Waals surface area contributed by atoms with E-state index in [1.165, 1.54) is 0 Å². The van der Waals surface area contributed by atoms with Gasteiger partial charge < -0.3 is 5.32 Å². The van der Waals surface area contributed by atoms with E-state index in [1.54, 1.807) is 0 Å². The average Bonchev–Trinajstić information content (AvgIpc) is 2.02. The summed E-state index contributed by atoms with van der Waals surface area (Å²) in [5, 5.41) is 3.22. The van der Waals surface area contributed by atoms with Gasteiger partial charge in [0.05, 0.1) is 13.1 Å². The van der Waals surface area contributed by atoms with E-state index in [-0.39, 0.29) is 37.9 Å². The summed E-state index contributed by atoms with van der Waals surface area (Å²) < 4.78 is 25.0. The first-order valence-electron chi connectivity index (χ1n) is 4.50. The van der Waals surface area contributed by atoms with Gasteiger partial charge in [0, 0.05) is 6.04 Å². The molecule has 0 aromatic carbocycles. The molecular formula is C8H16Cl2F2N2.